The number of aromatic nitrogens is 2. The molecule has 0 aliphatic carbocycles. The molecular formula is C17H19FN4O2. The van der Waals surface area contributed by atoms with Gasteiger partial charge in [-0.25, -0.2) is 19.2 Å². The molecule has 3 rings (SSSR count). The van der Waals surface area contributed by atoms with Crippen molar-refractivity contribution in [1.82, 2.24) is 14.9 Å². The maximum atomic E-state index is 14.4. The van der Waals surface area contributed by atoms with Gasteiger partial charge in [0.15, 0.2) is 0 Å². The Morgan fingerprint density at radius 1 is 1.33 bits per heavy atom. The lowest BCUT2D eigenvalue weighted by Gasteiger charge is -2.16. The van der Waals surface area contributed by atoms with Crippen molar-refractivity contribution in [3.63, 3.8) is 0 Å². The molecule has 126 valence electrons. The minimum absolute atomic E-state index is 0.0787. The Kier molecular flexibility index (Phi) is 4.33. The van der Waals surface area contributed by atoms with Crippen LogP contribution < -0.4 is 5.32 Å². The molecule has 1 saturated heterocycles. The molecule has 0 bridgehead atoms. The van der Waals surface area contributed by atoms with Gasteiger partial charge in [-0.05, 0) is 38.5 Å². The first-order chi connectivity index (χ1) is 11.4. The van der Waals surface area contributed by atoms with Crippen LogP contribution in [-0.4, -0.2) is 45.2 Å². The highest BCUT2D eigenvalue weighted by atomic mass is 19.1. The molecule has 1 aliphatic heterocycles. The second-order valence-corrected chi connectivity index (χ2v) is 5.99. The van der Waals surface area contributed by atoms with Gasteiger partial charge in [-0.15, -0.1) is 0 Å². The summed E-state index contributed by atoms with van der Waals surface area (Å²) < 4.78 is 14.4. The van der Waals surface area contributed by atoms with Crippen LogP contribution in [0.25, 0.3) is 11.3 Å². The zero-order valence-corrected chi connectivity index (χ0v) is 13.6. The van der Waals surface area contributed by atoms with Crippen LogP contribution >= 0.6 is 0 Å². The van der Waals surface area contributed by atoms with Gasteiger partial charge in [-0.3, -0.25) is 0 Å². The Bertz CT molecular complexity index is 761. The van der Waals surface area contributed by atoms with Gasteiger partial charge in [0.2, 0.25) is 0 Å². The van der Waals surface area contributed by atoms with Crippen molar-refractivity contribution in [2.75, 3.05) is 18.4 Å². The standard InChI is InChI=1S/C17H19FN4O2/c1-10-7-16(20-11(2)19-10)12-3-4-15(14(18)8-12)21-13-5-6-22(9-13)17(23)24/h3-4,7-8,13,21H,5-6,9H2,1-2H3,(H,23,24)/t13-/m1/s1. The Morgan fingerprint density at radius 3 is 2.75 bits per heavy atom. The molecule has 2 aromatic rings. The highest BCUT2D eigenvalue weighted by Crippen LogP contribution is 2.25. The lowest BCUT2D eigenvalue weighted by molar-refractivity contribution is 0.155. The summed E-state index contributed by atoms with van der Waals surface area (Å²) in [6.45, 7) is 4.50. The SMILES string of the molecule is Cc1cc(-c2ccc(N[C@@H]3CCN(C(=O)O)C3)c(F)c2)nc(C)n1. The highest BCUT2D eigenvalue weighted by molar-refractivity contribution is 5.66. The topological polar surface area (TPSA) is 78.4 Å². The zero-order valence-electron chi connectivity index (χ0n) is 13.6. The van der Waals surface area contributed by atoms with Crippen LogP contribution in [0.1, 0.15) is 17.9 Å². The predicted molar refractivity (Wildman–Crippen MR) is 88.5 cm³/mol. The Balaban J connectivity index is 1.77. The lowest BCUT2D eigenvalue weighted by Crippen LogP contribution is -2.30. The van der Waals surface area contributed by atoms with E-state index in [0.717, 1.165) is 5.69 Å². The molecule has 0 unspecified atom stereocenters. The van der Waals surface area contributed by atoms with Crippen molar-refractivity contribution in [3.8, 4) is 11.3 Å². The first kappa shape index (κ1) is 16.2. The van der Waals surface area contributed by atoms with Crippen molar-refractivity contribution in [3.05, 3.63) is 41.6 Å². The molecule has 1 atom stereocenters. The molecule has 0 radical (unpaired) electrons. The van der Waals surface area contributed by atoms with E-state index in [4.69, 9.17) is 5.11 Å². The van der Waals surface area contributed by atoms with Crippen molar-refractivity contribution in [2.45, 2.75) is 26.3 Å². The van der Waals surface area contributed by atoms with Crippen LogP contribution in [0.3, 0.4) is 0 Å². The minimum Gasteiger partial charge on any atom is -0.465 e. The van der Waals surface area contributed by atoms with Crippen molar-refractivity contribution < 1.29 is 14.3 Å². The van der Waals surface area contributed by atoms with E-state index in [2.05, 4.69) is 15.3 Å². The molecule has 2 heterocycles. The van der Waals surface area contributed by atoms with E-state index in [9.17, 15) is 9.18 Å². The normalized spacial score (nSPS) is 17.1. The molecule has 1 fully saturated rings. The molecule has 2 N–H and O–H groups in total. The van der Waals surface area contributed by atoms with Crippen LogP contribution in [0.15, 0.2) is 24.3 Å². The number of aryl methyl sites for hydroxylation is 2. The fraction of sp³-hybridized carbons (Fsp3) is 0.353. The van der Waals surface area contributed by atoms with Gasteiger partial charge < -0.3 is 15.3 Å². The van der Waals surface area contributed by atoms with E-state index in [1.54, 1.807) is 19.1 Å². The molecule has 1 amide bonds. The molecule has 1 aromatic heterocycles. The van der Waals surface area contributed by atoms with Crippen LogP contribution in [-0.2, 0) is 0 Å². The first-order valence-corrected chi connectivity index (χ1v) is 7.79. The van der Waals surface area contributed by atoms with E-state index >= 15 is 0 Å². The number of rotatable bonds is 3. The van der Waals surface area contributed by atoms with Crippen LogP contribution in [0.2, 0.25) is 0 Å². The van der Waals surface area contributed by atoms with Gasteiger partial charge in [-0.2, -0.15) is 0 Å². The van der Waals surface area contributed by atoms with Gasteiger partial charge in [0, 0.05) is 30.4 Å². The molecule has 1 aliphatic rings. The van der Waals surface area contributed by atoms with Crippen LogP contribution in [0.4, 0.5) is 14.9 Å². The summed E-state index contributed by atoms with van der Waals surface area (Å²) in [5.41, 5.74) is 2.58. The fourth-order valence-corrected chi connectivity index (χ4v) is 2.93. The molecular weight excluding hydrogens is 311 g/mol. The van der Waals surface area contributed by atoms with Crippen molar-refractivity contribution in [1.29, 1.82) is 0 Å². The number of nitrogens with zero attached hydrogens (tertiary/aromatic N) is 3. The third-order valence-electron chi connectivity index (χ3n) is 4.05. The van der Waals surface area contributed by atoms with Crippen LogP contribution in [0, 0.1) is 19.7 Å². The number of amides is 1. The molecule has 0 spiro atoms. The summed E-state index contributed by atoms with van der Waals surface area (Å²) in [7, 11) is 0. The molecule has 6 nitrogen and oxygen atoms in total. The Labute approximate surface area is 139 Å². The first-order valence-electron chi connectivity index (χ1n) is 7.79. The third-order valence-corrected chi connectivity index (χ3v) is 4.05. The van der Waals surface area contributed by atoms with E-state index in [1.807, 2.05) is 13.0 Å². The number of hydrogen-bond acceptors (Lipinski definition) is 4. The lowest BCUT2D eigenvalue weighted by atomic mass is 10.1. The second-order valence-electron chi connectivity index (χ2n) is 5.99. The molecule has 0 saturated carbocycles. The number of anilines is 1. The molecule has 7 heteroatoms. The largest absolute Gasteiger partial charge is 0.465 e. The predicted octanol–water partition coefficient (Wildman–Crippen LogP) is 3.06. The monoisotopic (exact) mass is 330 g/mol. The Hall–Kier alpha value is -2.70. The number of benzene rings is 1. The average Bonchev–Trinajstić information content (AvgIpc) is 2.97. The van der Waals surface area contributed by atoms with Gasteiger partial charge in [0.05, 0.1) is 11.4 Å². The molecule has 1 aromatic carbocycles. The van der Waals surface area contributed by atoms with E-state index < -0.39 is 6.09 Å². The second kappa shape index (κ2) is 6.43. The maximum Gasteiger partial charge on any atom is 0.407 e. The summed E-state index contributed by atoms with van der Waals surface area (Å²) in [5, 5.41) is 12.1. The number of nitrogens with one attached hydrogen (secondary N) is 1. The number of carboxylic acid groups (broad SMARTS) is 1. The number of likely N-dealkylation sites (tertiary alicyclic amines) is 1. The van der Waals surface area contributed by atoms with Crippen molar-refractivity contribution in [2.24, 2.45) is 0 Å². The summed E-state index contributed by atoms with van der Waals surface area (Å²) in [6.07, 6.45) is -0.276. The van der Waals surface area contributed by atoms with E-state index in [-0.39, 0.29) is 11.9 Å². The summed E-state index contributed by atoms with van der Waals surface area (Å²) in [5.74, 6) is 0.266. The number of hydrogen-bond donors (Lipinski definition) is 2. The fourth-order valence-electron chi connectivity index (χ4n) is 2.93. The van der Waals surface area contributed by atoms with E-state index in [1.165, 1.54) is 11.0 Å². The van der Waals surface area contributed by atoms with Gasteiger partial charge in [0.25, 0.3) is 0 Å². The highest BCUT2D eigenvalue weighted by Gasteiger charge is 2.26. The zero-order chi connectivity index (χ0) is 17.3. The van der Waals surface area contributed by atoms with E-state index in [0.29, 0.717) is 42.3 Å². The average molecular weight is 330 g/mol. The summed E-state index contributed by atoms with van der Waals surface area (Å²) in [6, 6.07) is 6.64. The van der Waals surface area contributed by atoms with Gasteiger partial charge in [-0.1, -0.05) is 6.07 Å². The smallest absolute Gasteiger partial charge is 0.407 e. The summed E-state index contributed by atoms with van der Waals surface area (Å²) in [4.78, 5) is 20.8. The maximum absolute atomic E-state index is 14.4. The van der Waals surface area contributed by atoms with Crippen molar-refractivity contribution >= 4 is 11.8 Å². The number of carbonyl (C=O) groups is 1. The van der Waals surface area contributed by atoms with Gasteiger partial charge in [0.1, 0.15) is 11.6 Å². The number of halogens is 1. The van der Waals surface area contributed by atoms with Gasteiger partial charge >= 0.3 is 6.09 Å². The van der Waals surface area contributed by atoms with Crippen LogP contribution in [0.5, 0.6) is 0 Å². The minimum atomic E-state index is -0.940. The molecule has 24 heavy (non-hydrogen) atoms. The quantitative estimate of drug-likeness (QED) is 0.904. The summed E-state index contributed by atoms with van der Waals surface area (Å²) >= 11 is 0. The third kappa shape index (κ3) is 3.45. The Morgan fingerprint density at radius 2 is 2.12 bits per heavy atom.